The van der Waals surface area contributed by atoms with E-state index in [1.54, 1.807) is 0 Å². The van der Waals surface area contributed by atoms with Gasteiger partial charge in [0.2, 0.25) is 0 Å². The van der Waals surface area contributed by atoms with E-state index in [0.717, 1.165) is 5.92 Å². The van der Waals surface area contributed by atoms with Crippen LogP contribution in [0.5, 0.6) is 0 Å². The highest BCUT2D eigenvalue weighted by atomic mass is 79.9. The van der Waals surface area contributed by atoms with Crippen molar-refractivity contribution in [1.82, 2.24) is 5.32 Å². The third-order valence-corrected chi connectivity index (χ3v) is 4.58. The Kier molecular flexibility index (Phi) is 4.63. The lowest BCUT2D eigenvalue weighted by Crippen LogP contribution is -2.10. The minimum absolute atomic E-state index is 0.645. The van der Waals surface area contributed by atoms with Crippen molar-refractivity contribution in [2.75, 3.05) is 13.1 Å². The molecule has 0 bridgehead atoms. The molecule has 2 rings (SSSR count). The van der Waals surface area contributed by atoms with E-state index in [-0.39, 0.29) is 0 Å². The zero-order chi connectivity index (χ0) is 12.3. The standard InChI is InChI=1S/C15H22BrN/c1-3-11(2)14-5-4-12(9-15(14)16)8-13-6-7-17-10-13/h4-5,9,11,13,17H,3,6-8,10H2,1-2H3. The Morgan fingerprint density at radius 3 is 2.88 bits per heavy atom. The third kappa shape index (κ3) is 3.32. The van der Waals surface area contributed by atoms with Crippen LogP contribution in [0.15, 0.2) is 22.7 Å². The normalized spacial score (nSPS) is 21.7. The summed E-state index contributed by atoms with van der Waals surface area (Å²) in [5.41, 5.74) is 2.92. The molecule has 1 saturated heterocycles. The first-order valence-corrected chi connectivity index (χ1v) is 7.49. The van der Waals surface area contributed by atoms with E-state index in [1.807, 2.05) is 0 Å². The molecule has 17 heavy (non-hydrogen) atoms. The van der Waals surface area contributed by atoms with Crippen LogP contribution >= 0.6 is 15.9 Å². The SMILES string of the molecule is CCC(C)c1ccc(CC2CCNC2)cc1Br. The number of benzene rings is 1. The molecule has 0 radical (unpaired) electrons. The molecular formula is C15H22BrN. The van der Waals surface area contributed by atoms with Crippen molar-refractivity contribution in [2.24, 2.45) is 5.92 Å². The summed E-state index contributed by atoms with van der Waals surface area (Å²) in [6.45, 7) is 6.91. The molecule has 0 saturated carbocycles. The predicted octanol–water partition coefficient (Wildman–Crippen LogP) is 4.11. The Balaban J connectivity index is 2.07. The summed E-state index contributed by atoms with van der Waals surface area (Å²) in [5.74, 6) is 1.47. The summed E-state index contributed by atoms with van der Waals surface area (Å²) in [4.78, 5) is 0. The van der Waals surface area contributed by atoms with Crippen molar-refractivity contribution in [1.29, 1.82) is 0 Å². The zero-order valence-electron chi connectivity index (χ0n) is 10.8. The van der Waals surface area contributed by atoms with Gasteiger partial charge in [-0.2, -0.15) is 0 Å². The quantitative estimate of drug-likeness (QED) is 0.881. The van der Waals surface area contributed by atoms with Gasteiger partial charge in [-0.3, -0.25) is 0 Å². The first-order chi connectivity index (χ1) is 8.20. The molecule has 1 N–H and O–H groups in total. The average molecular weight is 296 g/mol. The Morgan fingerprint density at radius 2 is 2.29 bits per heavy atom. The van der Waals surface area contributed by atoms with Crippen LogP contribution in [-0.2, 0) is 6.42 Å². The highest BCUT2D eigenvalue weighted by Gasteiger charge is 2.15. The van der Waals surface area contributed by atoms with Gasteiger partial charge in [-0.25, -0.2) is 0 Å². The lowest BCUT2D eigenvalue weighted by Gasteiger charge is -2.14. The van der Waals surface area contributed by atoms with Gasteiger partial charge < -0.3 is 5.32 Å². The topological polar surface area (TPSA) is 12.0 Å². The molecule has 1 nitrogen and oxygen atoms in total. The fraction of sp³-hybridized carbons (Fsp3) is 0.600. The minimum atomic E-state index is 0.645. The molecule has 1 aliphatic rings. The molecule has 1 aliphatic heterocycles. The second-order valence-electron chi connectivity index (χ2n) is 5.23. The summed E-state index contributed by atoms with van der Waals surface area (Å²) in [6.07, 6.45) is 3.74. The number of halogens is 1. The van der Waals surface area contributed by atoms with Gasteiger partial charge in [-0.1, -0.05) is 41.9 Å². The van der Waals surface area contributed by atoms with E-state index in [4.69, 9.17) is 0 Å². The van der Waals surface area contributed by atoms with E-state index in [0.29, 0.717) is 5.92 Å². The third-order valence-electron chi connectivity index (χ3n) is 3.89. The molecule has 2 unspecified atom stereocenters. The van der Waals surface area contributed by atoms with E-state index in [2.05, 4.69) is 53.3 Å². The molecule has 0 aromatic heterocycles. The van der Waals surface area contributed by atoms with Gasteiger partial charge in [-0.05, 0) is 61.4 Å². The summed E-state index contributed by atoms with van der Waals surface area (Å²) < 4.78 is 1.29. The smallest absolute Gasteiger partial charge is 0.0212 e. The van der Waals surface area contributed by atoms with Gasteiger partial charge in [-0.15, -0.1) is 0 Å². The Bertz CT molecular complexity index is 369. The van der Waals surface area contributed by atoms with Crippen LogP contribution in [0.2, 0.25) is 0 Å². The van der Waals surface area contributed by atoms with Crippen LogP contribution in [0, 0.1) is 5.92 Å². The molecule has 1 heterocycles. The van der Waals surface area contributed by atoms with Crippen molar-refractivity contribution in [3.05, 3.63) is 33.8 Å². The lowest BCUT2D eigenvalue weighted by molar-refractivity contribution is 0.579. The van der Waals surface area contributed by atoms with Crippen molar-refractivity contribution in [3.8, 4) is 0 Å². The maximum Gasteiger partial charge on any atom is 0.0212 e. The van der Waals surface area contributed by atoms with Gasteiger partial charge in [0.25, 0.3) is 0 Å². The van der Waals surface area contributed by atoms with Crippen molar-refractivity contribution in [2.45, 2.75) is 39.0 Å². The zero-order valence-corrected chi connectivity index (χ0v) is 12.4. The molecule has 94 valence electrons. The number of hydrogen-bond donors (Lipinski definition) is 1. The molecule has 1 fully saturated rings. The maximum atomic E-state index is 3.72. The highest BCUT2D eigenvalue weighted by Crippen LogP contribution is 2.29. The second kappa shape index (κ2) is 6.01. The molecule has 1 aromatic rings. The largest absolute Gasteiger partial charge is 0.316 e. The van der Waals surface area contributed by atoms with Gasteiger partial charge in [0.15, 0.2) is 0 Å². The van der Waals surface area contributed by atoms with Crippen LogP contribution in [-0.4, -0.2) is 13.1 Å². The van der Waals surface area contributed by atoms with Gasteiger partial charge in [0.05, 0.1) is 0 Å². The molecule has 2 heteroatoms. The molecule has 0 spiro atoms. The Morgan fingerprint density at radius 1 is 1.47 bits per heavy atom. The Hall–Kier alpha value is -0.340. The van der Waals surface area contributed by atoms with E-state index >= 15 is 0 Å². The van der Waals surface area contributed by atoms with Crippen molar-refractivity contribution < 1.29 is 0 Å². The monoisotopic (exact) mass is 295 g/mol. The summed E-state index contributed by atoms with van der Waals surface area (Å²) in [6, 6.07) is 6.93. The van der Waals surface area contributed by atoms with Crippen LogP contribution in [0.3, 0.4) is 0 Å². The van der Waals surface area contributed by atoms with Gasteiger partial charge in [0.1, 0.15) is 0 Å². The first kappa shape index (κ1) is 13.1. The second-order valence-corrected chi connectivity index (χ2v) is 6.08. The molecule has 0 amide bonds. The van der Waals surface area contributed by atoms with Crippen LogP contribution in [0.4, 0.5) is 0 Å². The predicted molar refractivity (Wildman–Crippen MR) is 77.5 cm³/mol. The number of nitrogens with one attached hydrogen (secondary N) is 1. The van der Waals surface area contributed by atoms with Crippen LogP contribution in [0.25, 0.3) is 0 Å². The fourth-order valence-corrected chi connectivity index (χ4v) is 3.36. The summed E-state index contributed by atoms with van der Waals surface area (Å²) >= 11 is 3.72. The summed E-state index contributed by atoms with van der Waals surface area (Å²) in [7, 11) is 0. The molecule has 2 atom stereocenters. The lowest BCUT2D eigenvalue weighted by atomic mass is 9.94. The maximum absolute atomic E-state index is 3.72. The van der Waals surface area contributed by atoms with E-state index in [9.17, 15) is 0 Å². The van der Waals surface area contributed by atoms with Crippen LogP contribution in [0.1, 0.15) is 43.7 Å². The molecule has 1 aromatic carbocycles. The van der Waals surface area contributed by atoms with Crippen LogP contribution < -0.4 is 5.32 Å². The number of hydrogen-bond acceptors (Lipinski definition) is 1. The van der Waals surface area contributed by atoms with E-state index in [1.165, 1.54) is 48.0 Å². The summed E-state index contributed by atoms with van der Waals surface area (Å²) in [5, 5.41) is 3.43. The number of rotatable bonds is 4. The minimum Gasteiger partial charge on any atom is -0.316 e. The van der Waals surface area contributed by atoms with Gasteiger partial charge >= 0.3 is 0 Å². The van der Waals surface area contributed by atoms with Crippen molar-refractivity contribution >= 4 is 15.9 Å². The fourth-order valence-electron chi connectivity index (χ4n) is 2.54. The van der Waals surface area contributed by atoms with Crippen molar-refractivity contribution in [3.63, 3.8) is 0 Å². The van der Waals surface area contributed by atoms with E-state index < -0.39 is 0 Å². The Labute approximate surface area is 113 Å². The first-order valence-electron chi connectivity index (χ1n) is 6.69. The molecule has 0 aliphatic carbocycles. The van der Waals surface area contributed by atoms with Gasteiger partial charge in [0, 0.05) is 4.47 Å². The molecular weight excluding hydrogens is 274 g/mol. The highest BCUT2D eigenvalue weighted by molar-refractivity contribution is 9.10. The average Bonchev–Trinajstić information content (AvgIpc) is 2.81.